The van der Waals surface area contributed by atoms with Crippen LogP contribution in [-0.4, -0.2) is 27.4 Å². The van der Waals surface area contributed by atoms with E-state index in [1.807, 2.05) is 18.2 Å². The van der Waals surface area contributed by atoms with Crippen molar-refractivity contribution in [2.45, 2.75) is 104 Å². The van der Waals surface area contributed by atoms with E-state index in [0.717, 1.165) is 24.5 Å². The largest absolute Gasteiger partial charge is 0.512 e. The van der Waals surface area contributed by atoms with E-state index >= 15 is 0 Å². The minimum atomic E-state index is -1.22. The molecule has 0 fully saturated rings. The van der Waals surface area contributed by atoms with Gasteiger partial charge in [-0.3, -0.25) is 0 Å². The molecule has 1 atom stereocenters. The highest BCUT2D eigenvalue weighted by Crippen LogP contribution is 2.57. The average Bonchev–Trinajstić information content (AvgIpc) is 2.76. The van der Waals surface area contributed by atoms with E-state index in [1.54, 1.807) is 0 Å². The number of carboxylic acid groups (broad SMARTS) is 1. The summed E-state index contributed by atoms with van der Waals surface area (Å²) in [5.41, 5.74) is 3.84. The molecule has 4 nitrogen and oxygen atoms in total. The van der Waals surface area contributed by atoms with Crippen LogP contribution in [-0.2, 0) is 4.79 Å². The number of rotatable bonds is 13. The van der Waals surface area contributed by atoms with Crippen molar-refractivity contribution in [1.29, 1.82) is 0 Å². The van der Waals surface area contributed by atoms with Crippen LogP contribution in [0, 0.1) is 10.8 Å². The molecule has 3 N–H and O–H groups in total. The molecule has 1 aliphatic carbocycles. The Hall–Kier alpha value is -1.49. The molecule has 6 heteroatoms. The number of benzene rings is 1. The molecule has 0 saturated carbocycles. The lowest BCUT2D eigenvalue weighted by Gasteiger charge is -2.48. The zero-order valence-corrected chi connectivity index (χ0v) is 23.2. The first-order valence-electron chi connectivity index (χ1n) is 12.9. The maximum absolute atomic E-state index is 10.8. The van der Waals surface area contributed by atoms with Crippen LogP contribution in [0.1, 0.15) is 104 Å². The normalized spacial score (nSPS) is 18.5. The second kappa shape index (κ2) is 13.2. The van der Waals surface area contributed by atoms with Crippen molar-refractivity contribution in [3.05, 3.63) is 51.2 Å². The molecule has 0 heterocycles. The third kappa shape index (κ3) is 8.55. The molecule has 1 aliphatic rings. The molecule has 0 bridgehead atoms. The molecule has 0 radical (unpaired) electrons. The number of carboxylic acids is 1. The monoisotopic (exact) mass is 524 g/mol. The lowest BCUT2D eigenvalue weighted by molar-refractivity contribution is -0.131. The molecule has 196 valence electrons. The summed E-state index contributed by atoms with van der Waals surface area (Å²) in [5, 5.41) is 30.3. The van der Waals surface area contributed by atoms with Gasteiger partial charge in [-0.05, 0) is 72.6 Å². The molecule has 0 amide bonds. The molecule has 2 rings (SSSR count). The predicted molar refractivity (Wildman–Crippen MR) is 146 cm³/mol. The minimum Gasteiger partial charge on any atom is -0.512 e. The van der Waals surface area contributed by atoms with E-state index in [-0.39, 0.29) is 23.0 Å². The van der Waals surface area contributed by atoms with Gasteiger partial charge in [0.1, 0.15) is 5.76 Å². The molecule has 1 unspecified atom stereocenters. The summed E-state index contributed by atoms with van der Waals surface area (Å²) in [7, 11) is 0. The van der Waals surface area contributed by atoms with Crippen LogP contribution >= 0.6 is 23.2 Å². The third-order valence-electron chi connectivity index (χ3n) is 7.40. The molecule has 1 aromatic rings. The van der Waals surface area contributed by atoms with Gasteiger partial charge >= 0.3 is 5.97 Å². The number of allylic oxidation sites excluding steroid dienone is 2. The highest BCUT2D eigenvalue weighted by molar-refractivity contribution is 6.42. The Bertz CT molecular complexity index is 925. The fourth-order valence-electron chi connectivity index (χ4n) is 5.88. The van der Waals surface area contributed by atoms with E-state index in [1.165, 1.54) is 49.7 Å². The zero-order valence-electron chi connectivity index (χ0n) is 21.7. The van der Waals surface area contributed by atoms with Gasteiger partial charge in [-0.2, -0.15) is 0 Å². The maximum atomic E-state index is 10.8. The van der Waals surface area contributed by atoms with Crippen molar-refractivity contribution < 1.29 is 20.1 Å². The van der Waals surface area contributed by atoms with Crippen molar-refractivity contribution in [3.63, 3.8) is 0 Å². The smallest absolute Gasteiger partial charge is 0.331 e. The fraction of sp³-hybridized carbons (Fsp3) is 0.621. The van der Waals surface area contributed by atoms with Crippen LogP contribution < -0.4 is 0 Å². The van der Waals surface area contributed by atoms with E-state index in [4.69, 9.17) is 28.3 Å². The average molecular weight is 526 g/mol. The molecular weight excluding hydrogens is 483 g/mol. The molecule has 35 heavy (non-hydrogen) atoms. The van der Waals surface area contributed by atoms with Crippen LogP contribution in [0.3, 0.4) is 0 Å². The van der Waals surface area contributed by atoms with E-state index in [2.05, 4.69) is 27.7 Å². The highest BCUT2D eigenvalue weighted by atomic mass is 35.5. The predicted octanol–water partition coefficient (Wildman–Crippen LogP) is 8.99. The summed E-state index contributed by atoms with van der Waals surface area (Å²) in [6, 6.07) is 5.87. The molecule has 0 aliphatic heterocycles. The quantitative estimate of drug-likeness (QED) is 0.177. The van der Waals surface area contributed by atoms with E-state index in [9.17, 15) is 15.0 Å². The van der Waals surface area contributed by atoms with Gasteiger partial charge < -0.3 is 15.3 Å². The first-order chi connectivity index (χ1) is 16.4. The second-order valence-electron chi connectivity index (χ2n) is 10.9. The Morgan fingerprint density at radius 2 is 1.71 bits per heavy atom. The van der Waals surface area contributed by atoms with Crippen LogP contribution in [0.15, 0.2) is 35.6 Å². The first kappa shape index (κ1) is 29.7. The van der Waals surface area contributed by atoms with Gasteiger partial charge in [-0.25, -0.2) is 4.79 Å². The Kier molecular flexibility index (Phi) is 11.2. The topological polar surface area (TPSA) is 77.8 Å². The van der Waals surface area contributed by atoms with E-state index < -0.39 is 12.1 Å². The Morgan fingerprint density at radius 3 is 2.26 bits per heavy atom. The minimum absolute atomic E-state index is 0.0696. The second-order valence-corrected chi connectivity index (χ2v) is 11.7. The highest BCUT2D eigenvalue weighted by Gasteiger charge is 2.43. The third-order valence-corrected chi connectivity index (χ3v) is 8.14. The lowest BCUT2D eigenvalue weighted by atomic mass is 9.56. The number of carbonyl (C=O) groups is 1. The first-order valence-corrected chi connectivity index (χ1v) is 13.7. The number of halogens is 2. The summed E-state index contributed by atoms with van der Waals surface area (Å²) < 4.78 is 0. The van der Waals surface area contributed by atoms with Crippen LogP contribution in [0.2, 0.25) is 10.0 Å². The Balaban J connectivity index is 2.47. The van der Waals surface area contributed by atoms with Crippen molar-refractivity contribution in [3.8, 4) is 0 Å². The summed E-state index contributed by atoms with van der Waals surface area (Å²) >= 11 is 12.7. The van der Waals surface area contributed by atoms with Gasteiger partial charge in [0, 0.05) is 6.42 Å². The van der Waals surface area contributed by atoms with Crippen LogP contribution in [0.25, 0.3) is 5.57 Å². The van der Waals surface area contributed by atoms with Gasteiger partial charge in [0.25, 0.3) is 0 Å². The molecule has 0 saturated heterocycles. The number of aliphatic hydroxyl groups is 2. The van der Waals surface area contributed by atoms with Gasteiger partial charge in [0.2, 0.25) is 0 Å². The Morgan fingerprint density at radius 1 is 1.09 bits per heavy atom. The number of hydrogen-bond donors (Lipinski definition) is 3. The molecule has 0 spiro atoms. The van der Waals surface area contributed by atoms with Gasteiger partial charge in [0.15, 0.2) is 0 Å². The van der Waals surface area contributed by atoms with Gasteiger partial charge in [0.05, 0.1) is 22.2 Å². The number of aliphatic carboxylic acids is 1. The number of hydrogen-bond acceptors (Lipinski definition) is 3. The van der Waals surface area contributed by atoms with Crippen LogP contribution in [0.4, 0.5) is 0 Å². The fourth-order valence-corrected chi connectivity index (χ4v) is 6.18. The number of unbranched alkanes of at least 4 members (excludes halogenated alkanes) is 2. The lowest BCUT2D eigenvalue weighted by Crippen LogP contribution is -2.35. The van der Waals surface area contributed by atoms with Gasteiger partial charge in [-0.15, -0.1) is 0 Å². The van der Waals surface area contributed by atoms with Crippen molar-refractivity contribution in [2.75, 3.05) is 0 Å². The summed E-state index contributed by atoms with van der Waals surface area (Å²) in [5.74, 6) is -1.53. The standard InChI is InChI=1S/C29H42Cl2O4/c1-5-7-13-29(14-8-6-2)18-23(20-9-12-25(30)26(31)15-20)24(28(3,4)19-29)11-10-21(32)16-22(33)17-27(34)35/h9,12,15,17,21,32-33H,5-8,10-11,13-14,16,18-19H2,1-4H3,(H,34,35)/b22-17-. The zero-order chi connectivity index (χ0) is 26.2. The summed E-state index contributed by atoms with van der Waals surface area (Å²) in [4.78, 5) is 10.8. The van der Waals surface area contributed by atoms with E-state index in [0.29, 0.717) is 22.9 Å². The Labute approximate surface area is 221 Å². The van der Waals surface area contributed by atoms with Crippen LogP contribution in [0.5, 0.6) is 0 Å². The van der Waals surface area contributed by atoms with Gasteiger partial charge in [-0.1, -0.05) is 88.2 Å². The van der Waals surface area contributed by atoms with Crippen molar-refractivity contribution >= 4 is 34.7 Å². The molecular formula is C29H42Cl2O4. The van der Waals surface area contributed by atoms with Crippen molar-refractivity contribution in [2.24, 2.45) is 10.8 Å². The summed E-state index contributed by atoms with van der Waals surface area (Å²) in [6.07, 6.45) is 10.2. The van der Waals surface area contributed by atoms with Crippen molar-refractivity contribution in [1.82, 2.24) is 0 Å². The molecule has 0 aromatic heterocycles. The SMILES string of the molecule is CCCCC1(CCCC)CC(c2ccc(Cl)c(Cl)c2)=C(CCC(O)C/C(O)=C/C(=O)O)C(C)(C)C1. The number of aliphatic hydroxyl groups excluding tert-OH is 2. The molecule has 1 aromatic carbocycles. The summed E-state index contributed by atoms with van der Waals surface area (Å²) in [6.45, 7) is 9.11. The maximum Gasteiger partial charge on any atom is 0.331 e.